The first kappa shape index (κ1) is 18.2. The number of fused-ring (bicyclic) bond motifs is 1. The van der Waals surface area contributed by atoms with Crippen molar-refractivity contribution in [2.45, 2.75) is 13.5 Å². The van der Waals surface area contributed by atoms with Crippen molar-refractivity contribution >= 4 is 21.4 Å². The Hall–Kier alpha value is -3.14. The lowest BCUT2D eigenvalue weighted by molar-refractivity contribution is -0.0498. The standard InChI is InChI=1S/C18H12BrF2N5O2/c1-10-13(11-4-2-5-12(8-11)28-17(20)21)15(19)25-9-24-26(16(27)14(10)25)18-22-6-3-7-23-18/h2-9,17H,1H3. The van der Waals surface area contributed by atoms with Crippen molar-refractivity contribution < 1.29 is 13.5 Å². The SMILES string of the molecule is Cc1c(-c2cccc(OC(F)F)c2)c(Br)n2cnn(-c3ncccn3)c(=O)c12. The van der Waals surface area contributed by atoms with Crippen molar-refractivity contribution in [3.63, 3.8) is 0 Å². The topological polar surface area (TPSA) is 74.3 Å². The van der Waals surface area contributed by atoms with Crippen LogP contribution in [0.15, 0.2) is 58.5 Å². The second-order valence-corrected chi connectivity index (χ2v) is 6.56. The van der Waals surface area contributed by atoms with Crippen LogP contribution in [0.2, 0.25) is 0 Å². The van der Waals surface area contributed by atoms with Gasteiger partial charge in [-0.25, -0.2) is 9.97 Å². The average Bonchev–Trinajstić information content (AvgIpc) is 2.93. The summed E-state index contributed by atoms with van der Waals surface area (Å²) in [4.78, 5) is 21.1. The summed E-state index contributed by atoms with van der Waals surface area (Å²) in [6, 6.07) is 7.92. The maximum atomic E-state index is 13.0. The Bertz CT molecular complexity index is 1220. The summed E-state index contributed by atoms with van der Waals surface area (Å²) in [6.07, 6.45) is 4.50. The van der Waals surface area contributed by atoms with Gasteiger partial charge in [-0.3, -0.25) is 9.20 Å². The van der Waals surface area contributed by atoms with Gasteiger partial charge >= 0.3 is 6.61 Å². The number of aromatic nitrogens is 5. The number of alkyl halides is 2. The number of hydrogen-bond donors (Lipinski definition) is 0. The molecule has 28 heavy (non-hydrogen) atoms. The fourth-order valence-corrected chi connectivity index (χ4v) is 3.80. The predicted molar refractivity (Wildman–Crippen MR) is 101 cm³/mol. The molecule has 0 amide bonds. The van der Waals surface area contributed by atoms with Gasteiger partial charge in [0, 0.05) is 18.0 Å². The summed E-state index contributed by atoms with van der Waals surface area (Å²) in [5, 5.41) is 4.13. The second kappa shape index (κ2) is 7.12. The molecule has 1 aromatic carbocycles. The smallest absolute Gasteiger partial charge is 0.387 e. The van der Waals surface area contributed by atoms with E-state index in [1.165, 1.54) is 30.9 Å². The average molecular weight is 448 g/mol. The molecule has 3 heterocycles. The highest BCUT2D eigenvalue weighted by Crippen LogP contribution is 2.36. The number of nitrogens with zero attached hydrogens (tertiary/aromatic N) is 5. The van der Waals surface area contributed by atoms with Crippen molar-refractivity contribution in [2.24, 2.45) is 0 Å². The van der Waals surface area contributed by atoms with Crippen molar-refractivity contribution in [3.8, 4) is 22.8 Å². The van der Waals surface area contributed by atoms with E-state index in [2.05, 4.69) is 35.7 Å². The normalized spacial score (nSPS) is 11.3. The molecule has 0 saturated carbocycles. The fourth-order valence-electron chi connectivity index (χ4n) is 3.01. The van der Waals surface area contributed by atoms with Gasteiger partial charge in [-0.1, -0.05) is 12.1 Å². The molecule has 0 aliphatic rings. The van der Waals surface area contributed by atoms with E-state index >= 15 is 0 Å². The fraction of sp³-hybridized carbons (Fsp3) is 0.111. The molecule has 4 rings (SSSR count). The minimum Gasteiger partial charge on any atom is -0.435 e. The summed E-state index contributed by atoms with van der Waals surface area (Å²) in [7, 11) is 0. The highest BCUT2D eigenvalue weighted by molar-refractivity contribution is 9.10. The van der Waals surface area contributed by atoms with Gasteiger partial charge in [0.1, 0.15) is 17.6 Å². The molecule has 3 aromatic heterocycles. The Balaban J connectivity index is 1.92. The molecule has 4 aromatic rings. The molecule has 0 N–H and O–H groups in total. The number of rotatable bonds is 4. The monoisotopic (exact) mass is 447 g/mol. The van der Waals surface area contributed by atoms with Gasteiger partial charge in [0.2, 0.25) is 0 Å². The summed E-state index contributed by atoms with van der Waals surface area (Å²) >= 11 is 3.48. The molecule has 0 bridgehead atoms. The van der Waals surface area contributed by atoms with Gasteiger partial charge in [0.15, 0.2) is 0 Å². The Labute approximate surface area is 165 Å². The van der Waals surface area contributed by atoms with Gasteiger partial charge < -0.3 is 4.74 Å². The van der Waals surface area contributed by atoms with Crippen LogP contribution in [0.25, 0.3) is 22.6 Å². The Morgan fingerprint density at radius 3 is 2.64 bits per heavy atom. The van der Waals surface area contributed by atoms with Gasteiger partial charge in [-0.15, -0.1) is 0 Å². The molecule has 0 radical (unpaired) electrons. The molecule has 10 heteroatoms. The number of benzene rings is 1. The van der Waals surface area contributed by atoms with Crippen LogP contribution < -0.4 is 10.3 Å². The van der Waals surface area contributed by atoms with Crippen LogP contribution in [0.1, 0.15) is 5.56 Å². The zero-order valence-corrected chi connectivity index (χ0v) is 16.0. The molecular weight excluding hydrogens is 436 g/mol. The van der Waals surface area contributed by atoms with E-state index in [9.17, 15) is 13.6 Å². The van der Waals surface area contributed by atoms with Crippen LogP contribution >= 0.6 is 15.9 Å². The van der Waals surface area contributed by atoms with Crippen LogP contribution in [0.5, 0.6) is 5.75 Å². The molecule has 0 fully saturated rings. The molecule has 0 spiro atoms. The highest BCUT2D eigenvalue weighted by Gasteiger charge is 2.20. The van der Waals surface area contributed by atoms with Crippen LogP contribution in [0, 0.1) is 6.92 Å². The number of hydrogen-bond acceptors (Lipinski definition) is 5. The van der Waals surface area contributed by atoms with Crippen LogP contribution in [0.4, 0.5) is 8.78 Å². The lowest BCUT2D eigenvalue weighted by Crippen LogP contribution is -2.24. The largest absolute Gasteiger partial charge is 0.435 e. The maximum absolute atomic E-state index is 13.0. The summed E-state index contributed by atoms with van der Waals surface area (Å²) in [5.74, 6) is 0.183. The van der Waals surface area contributed by atoms with Crippen LogP contribution in [-0.2, 0) is 0 Å². The predicted octanol–water partition coefficient (Wildman–Crippen LogP) is 3.61. The van der Waals surface area contributed by atoms with E-state index in [0.29, 0.717) is 26.8 Å². The summed E-state index contributed by atoms with van der Waals surface area (Å²) < 4.78 is 32.8. The van der Waals surface area contributed by atoms with Crippen LogP contribution in [0.3, 0.4) is 0 Å². The molecule has 7 nitrogen and oxygen atoms in total. The molecule has 0 saturated heterocycles. The van der Waals surface area contributed by atoms with E-state index in [1.54, 1.807) is 29.5 Å². The number of aryl methyl sites for hydroxylation is 1. The highest BCUT2D eigenvalue weighted by atomic mass is 79.9. The number of halogens is 3. The van der Waals surface area contributed by atoms with Gasteiger partial charge in [0.25, 0.3) is 11.5 Å². The Kier molecular flexibility index (Phi) is 4.63. The number of ether oxygens (including phenoxy) is 1. The Morgan fingerprint density at radius 1 is 1.18 bits per heavy atom. The first-order chi connectivity index (χ1) is 13.5. The summed E-state index contributed by atoms with van der Waals surface area (Å²) in [5.41, 5.74) is 1.90. The van der Waals surface area contributed by atoms with Crippen molar-refractivity contribution in [3.05, 3.63) is 69.6 Å². The minimum absolute atomic E-state index is 0.0299. The van der Waals surface area contributed by atoms with Crippen molar-refractivity contribution in [1.29, 1.82) is 0 Å². The molecule has 0 atom stereocenters. The first-order valence-corrected chi connectivity index (χ1v) is 8.87. The quantitative estimate of drug-likeness (QED) is 0.477. The zero-order chi connectivity index (χ0) is 19.8. The Morgan fingerprint density at radius 2 is 1.93 bits per heavy atom. The van der Waals surface area contributed by atoms with Gasteiger partial charge in [0.05, 0.1) is 4.60 Å². The van der Waals surface area contributed by atoms with Gasteiger partial charge in [-0.2, -0.15) is 18.6 Å². The van der Waals surface area contributed by atoms with Gasteiger partial charge in [-0.05, 0) is 52.2 Å². The molecule has 0 aliphatic carbocycles. The summed E-state index contributed by atoms with van der Waals surface area (Å²) in [6.45, 7) is -1.15. The van der Waals surface area contributed by atoms with Crippen molar-refractivity contribution in [2.75, 3.05) is 0 Å². The van der Waals surface area contributed by atoms with E-state index in [0.717, 1.165) is 4.68 Å². The second-order valence-electron chi connectivity index (χ2n) is 5.81. The first-order valence-electron chi connectivity index (χ1n) is 8.08. The third-order valence-electron chi connectivity index (χ3n) is 4.16. The van der Waals surface area contributed by atoms with E-state index in [1.807, 2.05) is 0 Å². The third kappa shape index (κ3) is 3.05. The lowest BCUT2D eigenvalue weighted by Gasteiger charge is -2.07. The van der Waals surface area contributed by atoms with E-state index < -0.39 is 12.2 Å². The van der Waals surface area contributed by atoms with Crippen molar-refractivity contribution in [1.82, 2.24) is 24.1 Å². The zero-order valence-electron chi connectivity index (χ0n) is 14.4. The van der Waals surface area contributed by atoms with E-state index in [4.69, 9.17) is 0 Å². The molecule has 0 unspecified atom stereocenters. The lowest BCUT2D eigenvalue weighted by atomic mass is 10.0. The minimum atomic E-state index is -2.92. The molecular formula is C18H12BrF2N5O2. The molecule has 0 aliphatic heterocycles. The third-order valence-corrected chi connectivity index (χ3v) is 4.93. The van der Waals surface area contributed by atoms with E-state index in [-0.39, 0.29) is 11.7 Å². The van der Waals surface area contributed by atoms with Crippen LogP contribution in [-0.4, -0.2) is 30.8 Å². The maximum Gasteiger partial charge on any atom is 0.387 e. The molecule has 142 valence electrons.